The topological polar surface area (TPSA) is 75.7 Å². The number of piperidine rings is 1. The molecular weight excluding hydrogens is 352 g/mol. The number of amides is 1. The van der Waals surface area contributed by atoms with Gasteiger partial charge in [-0.3, -0.25) is 0 Å². The number of rotatable bonds is 4. The number of nitrogens with zero attached hydrogens (tertiary/aromatic N) is 1. The molecule has 6 nitrogen and oxygen atoms in total. The Hall–Kier alpha value is -1.60. The van der Waals surface area contributed by atoms with Gasteiger partial charge in [-0.25, -0.2) is 17.9 Å². The van der Waals surface area contributed by atoms with E-state index in [0.717, 1.165) is 40.7 Å². The van der Waals surface area contributed by atoms with Crippen LogP contribution in [0.3, 0.4) is 0 Å². The summed E-state index contributed by atoms with van der Waals surface area (Å²) in [4.78, 5) is 13.6. The average Bonchev–Trinajstić information content (AvgIpc) is 2.63. The van der Waals surface area contributed by atoms with Crippen molar-refractivity contribution < 1.29 is 17.9 Å². The van der Waals surface area contributed by atoms with Gasteiger partial charge in [-0.1, -0.05) is 0 Å². The first kappa shape index (κ1) is 20.7. The van der Waals surface area contributed by atoms with Gasteiger partial charge in [0.05, 0.1) is 12.0 Å². The van der Waals surface area contributed by atoms with E-state index in [1.807, 2.05) is 34.6 Å². The molecule has 1 aromatic rings. The summed E-state index contributed by atoms with van der Waals surface area (Å²) in [7, 11) is -2.20. The Balaban J connectivity index is 2.11. The smallest absolute Gasteiger partial charge is 0.409 e. The quantitative estimate of drug-likeness (QED) is 0.869. The summed E-state index contributed by atoms with van der Waals surface area (Å²) in [5.74, 6) is 0.221. The highest BCUT2D eigenvalue weighted by Gasteiger charge is 2.27. The highest BCUT2D eigenvalue weighted by molar-refractivity contribution is 7.89. The number of hydrogen-bond acceptors (Lipinski definition) is 4. The molecule has 1 N–H and O–H groups in total. The van der Waals surface area contributed by atoms with Crippen LogP contribution in [0, 0.1) is 40.5 Å². The maximum Gasteiger partial charge on any atom is 0.409 e. The molecule has 26 heavy (non-hydrogen) atoms. The minimum Gasteiger partial charge on any atom is -0.453 e. The second-order valence-corrected chi connectivity index (χ2v) is 8.91. The Morgan fingerprint density at radius 3 is 1.92 bits per heavy atom. The first-order chi connectivity index (χ1) is 12.1. The SMILES string of the molecule is COC(=O)N1CCC(CNS(=O)(=O)c2c(C)c(C)c(C)c(C)c2C)CC1. The molecule has 7 heteroatoms. The van der Waals surface area contributed by atoms with Crippen molar-refractivity contribution in [3.63, 3.8) is 0 Å². The summed E-state index contributed by atoms with van der Waals surface area (Å²) in [6.45, 7) is 11.3. The molecule has 0 radical (unpaired) electrons. The van der Waals surface area contributed by atoms with Crippen molar-refractivity contribution in [3.05, 3.63) is 27.8 Å². The third-order valence-electron chi connectivity index (χ3n) is 5.81. The van der Waals surface area contributed by atoms with Gasteiger partial charge in [-0.2, -0.15) is 0 Å². The zero-order valence-electron chi connectivity index (χ0n) is 16.6. The van der Waals surface area contributed by atoms with Crippen LogP contribution in [0.5, 0.6) is 0 Å². The molecule has 0 saturated carbocycles. The van der Waals surface area contributed by atoms with E-state index in [1.165, 1.54) is 7.11 Å². The van der Waals surface area contributed by atoms with Crippen LogP contribution in [0.25, 0.3) is 0 Å². The monoisotopic (exact) mass is 382 g/mol. The van der Waals surface area contributed by atoms with Crippen LogP contribution in [0.2, 0.25) is 0 Å². The number of nitrogens with one attached hydrogen (secondary N) is 1. The molecule has 0 unspecified atom stereocenters. The van der Waals surface area contributed by atoms with Crippen molar-refractivity contribution in [1.82, 2.24) is 9.62 Å². The number of benzene rings is 1. The largest absolute Gasteiger partial charge is 0.453 e. The molecule has 1 aromatic carbocycles. The van der Waals surface area contributed by atoms with Crippen LogP contribution in [0.1, 0.15) is 40.7 Å². The number of methoxy groups -OCH3 is 1. The number of likely N-dealkylation sites (tertiary alicyclic amines) is 1. The maximum absolute atomic E-state index is 13.0. The Kier molecular flexibility index (Phi) is 6.34. The van der Waals surface area contributed by atoms with E-state index in [9.17, 15) is 13.2 Å². The number of ether oxygens (including phenoxy) is 1. The van der Waals surface area contributed by atoms with E-state index in [-0.39, 0.29) is 12.0 Å². The van der Waals surface area contributed by atoms with E-state index >= 15 is 0 Å². The number of carbonyl (C=O) groups is 1. The molecule has 146 valence electrons. The van der Waals surface area contributed by atoms with Gasteiger partial charge in [0.15, 0.2) is 0 Å². The average molecular weight is 383 g/mol. The van der Waals surface area contributed by atoms with Crippen LogP contribution in [-0.4, -0.2) is 46.2 Å². The third kappa shape index (κ3) is 4.04. The summed E-state index contributed by atoms with van der Waals surface area (Å²) in [6.07, 6.45) is 1.21. The van der Waals surface area contributed by atoms with Crippen molar-refractivity contribution in [2.45, 2.75) is 52.4 Å². The molecule has 1 amide bonds. The van der Waals surface area contributed by atoms with Gasteiger partial charge in [0.2, 0.25) is 10.0 Å². The highest BCUT2D eigenvalue weighted by atomic mass is 32.2. The van der Waals surface area contributed by atoms with E-state index < -0.39 is 10.0 Å². The first-order valence-electron chi connectivity index (χ1n) is 8.99. The molecule has 0 bridgehead atoms. The molecule has 0 atom stereocenters. The fourth-order valence-electron chi connectivity index (χ4n) is 3.62. The predicted octanol–water partition coefficient (Wildman–Crippen LogP) is 2.99. The zero-order chi connectivity index (χ0) is 19.6. The van der Waals surface area contributed by atoms with Crippen LogP contribution >= 0.6 is 0 Å². The summed E-state index contributed by atoms with van der Waals surface area (Å²) >= 11 is 0. The van der Waals surface area contributed by atoms with Gasteiger partial charge in [0.25, 0.3) is 0 Å². The predicted molar refractivity (Wildman–Crippen MR) is 102 cm³/mol. The summed E-state index contributed by atoms with van der Waals surface area (Å²) in [5.41, 5.74) is 4.84. The maximum atomic E-state index is 13.0. The van der Waals surface area contributed by atoms with Gasteiger partial charge in [-0.05, 0) is 81.2 Å². The van der Waals surface area contributed by atoms with Crippen LogP contribution < -0.4 is 4.72 Å². The minimum atomic E-state index is -3.57. The second kappa shape index (κ2) is 7.96. The van der Waals surface area contributed by atoms with Crippen LogP contribution in [0.4, 0.5) is 4.79 Å². The van der Waals surface area contributed by atoms with Crippen LogP contribution in [-0.2, 0) is 14.8 Å². The van der Waals surface area contributed by atoms with E-state index in [1.54, 1.807) is 4.90 Å². The van der Waals surface area contributed by atoms with Gasteiger partial charge < -0.3 is 9.64 Å². The van der Waals surface area contributed by atoms with Crippen molar-refractivity contribution in [2.75, 3.05) is 26.7 Å². The number of hydrogen-bond donors (Lipinski definition) is 1. The Labute approximate surface area is 157 Å². The molecule has 1 aliphatic heterocycles. The molecule has 0 spiro atoms. The van der Waals surface area contributed by atoms with Crippen molar-refractivity contribution in [2.24, 2.45) is 5.92 Å². The number of carbonyl (C=O) groups excluding carboxylic acids is 1. The molecule has 1 saturated heterocycles. The molecule has 0 aromatic heterocycles. The van der Waals surface area contributed by atoms with Gasteiger partial charge in [0, 0.05) is 19.6 Å². The Morgan fingerprint density at radius 2 is 1.46 bits per heavy atom. The molecule has 1 fully saturated rings. The lowest BCUT2D eigenvalue weighted by Gasteiger charge is -2.31. The van der Waals surface area contributed by atoms with Crippen molar-refractivity contribution in [3.8, 4) is 0 Å². The third-order valence-corrected chi connectivity index (χ3v) is 7.51. The number of sulfonamides is 1. The zero-order valence-corrected chi connectivity index (χ0v) is 17.4. The van der Waals surface area contributed by atoms with Crippen molar-refractivity contribution in [1.29, 1.82) is 0 Å². The summed E-state index contributed by atoms with van der Waals surface area (Å²) in [6, 6.07) is 0. The molecular formula is C19H30N2O4S. The molecule has 2 rings (SSSR count). The van der Waals surface area contributed by atoms with E-state index in [2.05, 4.69) is 4.72 Å². The lowest BCUT2D eigenvalue weighted by Crippen LogP contribution is -2.41. The summed E-state index contributed by atoms with van der Waals surface area (Å²) < 4.78 is 33.4. The van der Waals surface area contributed by atoms with E-state index in [0.29, 0.717) is 24.5 Å². The van der Waals surface area contributed by atoms with Crippen LogP contribution in [0.15, 0.2) is 4.90 Å². The lowest BCUT2D eigenvalue weighted by molar-refractivity contribution is 0.106. The molecule has 1 aliphatic rings. The standard InChI is InChI=1S/C19H30N2O4S/c1-12-13(2)15(4)18(16(5)14(12)3)26(23,24)20-11-17-7-9-21(10-8-17)19(22)25-6/h17,20H,7-11H2,1-6H3. The Morgan fingerprint density at radius 1 is 1.00 bits per heavy atom. The highest BCUT2D eigenvalue weighted by Crippen LogP contribution is 2.29. The minimum absolute atomic E-state index is 0.221. The second-order valence-electron chi connectivity index (χ2n) is 7.21. The Bertz CT molecular complexity index is 765. The molecule has 1 heterocycles. The summed E-state index contributed by atoms with van der Waals surface area (Å²) in [5, 5.41) is 0. The molecule has 0 aliphatic carbocycles. The lowest BCUT2D eigenvalue weighted by atomic mass is 9.95. The van der Waals surface area contributed by atoms with Crippen molar-refractivity contribution >= 4 is 16.1 Å². The van der Waals surface area contributed by atoms with Gasteiger partial charge >= 0.3 is 6.09 Å². The fraction of sp³-hybridized carbons (Fsp3) is 0.632. The fourth-order valence-corrected chi connectivity index (χ4v) is 5.33. The van der Waals surface area contributed by atoms with Gasteiger partial charge in [-0.15, -0.1) is 0 Å². The normalized spacial score (nSPS) is 16.0. The first-order valence-corrected chi connectivity index (χ1v) is 10.5. The van der Waals surface area contributed by atoms with E-state index in [4.69, 9.17) is 4.74 Å². The van der Waals surface area contributed by atoms with Gasteiger partial charge in [0.1, 0.15) is 0 Å².